The van der Waals surface area contributed by atoms with Gasteiger partial charge >= 0.3 is 0 Å². The van der Waals surface area contributed by atoms with Gasteiger partial charge in [0.2, 0.25) is 5.91 Å². The summed E-state index contributed by atoms with van der Waals surface area (Å²) >= 11 is 0. The maximum Gasteiger partial charge on any atom is 0.299 e. The van der Waals surface area contributed by atoms with Gasteiger partial charge in [0.15, 0.2) is 0 Å². The molecule has 0 spiro atoms. The number of hydrogen-bond donors (Lipinski definition) is 2. The van der Waals surface area contributed by atoms with Crippen molar-refractivity contribution in [2.75, 3.05) is 11.4 Å². The number of hydrazine groups is 1. The Morgan fingerprint density at radius 1 is 1.39 bits per heavy atom. The smallest absolute Gasteiger partial charge is 0.299 e. The van der Waals surface area contributed by atoms with Gasteiger partial charge in [-0.3, -0.25) is 19.8 Å². The molecule has 0 atom stereocenters. The highest BCUT2D eigenvalue weighted by molar-refractivity contribution is 6.52. The number of amides is 2. The number of halogens is 1. The third-order valence-corrected chi connectivity index (χ3v) is 2.66. The van der Waals surface area contributed by atoms with E-state index < -0.39 is 23.4 Å². The molecular weight excluding hydrogens is 241 g/mol. The molecule has 2 rings (SSSR count). The number of ketones is 1. The molecule has 1 aromatic rings. The van der Waals surface area contributed by atoms with Gasteiger partial charge in [-0.05, 0) is 18.2 Å². The molecule has 18 heavy (non-hydrogen) atoms. The Kier molecular flexibility index (Phi) is 3.07. The van der Waals surface area contributed by atoms with Crippen LogP contribution in [0.1, 0.15) is 16.8 Å². The van der Waals surface area contributed by atoms with Crippen molar-refractivity contribution in [3.8, 4) is 0 Å². The summed E-state index contributed by atoms with van der Waals surface area (Å²) in [7, 11) is 0. The molecule has 2 amide bonds. The van der Waals surface area contributed by atoms with Gasteiger partial charge in [-0.1, -0.05) is 0 Å². The van der Waals surface area contributed by atoms with Crippen LogP contribution in [0, 0.1) is 5.82 Å². The largest absolute Gasteiger partial charge is 0.304 e. The van der Waals surface area contributed by atoms with Crippen LogP contribution in [0.5, 0.6) is 0 Å². The minimum absolute atomic E-state index is 0.0237. The molecule has 0 radical (unpaired) electrons. The van der Waals surface area contributed by atoms with Gasteiger partial charge < -0.3 is 4.90 Å². The second-order valence-corrected chi connectivity index (χ2v) is 3.76. The predicted molar refractivity (Wildman–Crippen MR) is 60.0 cm³/mol. The highest BCUT2D eigenvalue weighted by Gasteiger charge is 2.35. The van der Waals surface area contributed by atoms with E-state index in [0.717, 1.165) is 17.0 Å². The molecule has 1 aromatic carbocycles. The van der Waals surface area contributed by atoms with Crippen molar-refractivity contribution in [2.24, 2.45) is 5.84 Å². The second-order valence-electron chi connectivity index (χ2n) is 3.76. The first-order valence-electron chi connectivity index (χ1n) is 5.20. The molecule has 0 saturated heterocycles. The van der Waals surface area contributed by atoms with Gasteiger partial charge in [0.25, 0.3) is 11.7 Å². The first kappa shape index (κ1) is 12.2. The highest BCUT2D eigenvalue weighted by atomic mass is 19.1. The molecule has 7 heteroatoms. The fourth-order valence-electron chi connectivity index (χ4n) is 1.77. The number of Topliss-reactive ketones (excluding diaryl/α,β-unsaturated/α-hetero) is 1. The molecule has 6 nitrogen and oxygen atoms in total. The molecule has 0 bridgehead atoms. The number of nitrogens with one attached hydrogen (secondary N) is 1. The molecule has 1 aliphatic heterocycles. The Bertz CT molecular complexity index is 544. The summed E-state index contributed by atoms with van der Waals surface area (Å²) in [5.74, 6) is 2.42. The molecular formula is C11H10FN3O3. The van der Waals surface area contributed by atoms with Crippen molar-refractivity contribution in [1.82, 2.24) is 5.43 Å². The Morgan fingerprint density at radius 3 is 2.78 bits per heavy atom. The van der Waals surface area contributed by atoms with Gasteiger partial charge in [-0.15, -0.1) is 0 Å². The first-order chi connectivity index (χ1) is 8.54. The van der Waals surface area contributed by atoms with Gasteiger partial charge in [-0.25, -0.2) is 10.2 Å². The van der Waals surface area contributed by atoms with Crippen LogP contribution in [0.3, 0.4) is 0 Å². The van der Waals surface area contributed by atoms with E-state index in [2.05, 4.69) is 0 Å². The number of benzene rings is 1. The van der Waals surface area contributed by atoms with Gasteiger partial charge in [0, 0.05) is 13.0 Å². The maximum atomic E-state index is 13.1. The monoisotopic (exact) mass is 251 g/mol. The summed E-state index contributed by atoms with van der Waals surface area (Å²) in [4.78, 5) is 35.3. The molecule has 1 heterocycles. The summed E-state index contributed by atoms with van der Waals surface area (Å²) in [5, 5.41) is 0. The Balaban J connectivity index is 2.27. The van der Waals surface area contributed by atoms with Crippen molar-refractivity contribution in [2.45, 2.75) is 6.42 Å². The summed E-state index contributed by atoms with van der Waals surface area (Å²) in [5.41, 5.74) is 2.25. The fraction of sp³-hybridized carbons (Fsp3) is 0.182. The summed E-state index contributed by atoms with van der Waals surface area (Å²) in [6.45, 7) is -0.0237. The Hall–Kier alpha value is -2.28. The molecule has 1 aliphatic rings. The number of hydrogen-bond acceptors (Lipinski definition) is 4. The zero-order valence-electron chi connectivity index (χ0n) is 9.27. The topological polar surface area (TPSA) is 92.5 Å². The number of nitrogens with two attached hydrogens (primary N) is 1. The number of nitrogens with zero attached hydrogens (tertiary/aromatic N) is 1. The second kappa shape index (κ2) is 4.53. The molecule has 0 unspecified atom stereocenters. The van der Waals surface area contributed by atoms with Crippen LogP contribution >= 0.6 is 0 Å². The van der Waals surface area contributed by atoms with E-state index in [-0.39, 0.29) is 24.2 Å². The lowest BCUT2D eigenvalue weighted by Gasteiger charge is -2.15. The fourth-order valence-corrected chi connectivity index (χ4v) is 1.77. The third-order valence-electron chi connectivity index (χ3n) is 2.66. The summed E-state index contributed by atoms with van der Waals surface area (Å²) in [6, 6.07) is 3.46. The van der Waals surface area contributed by atoms with E-state index >= 15 is 0 Å². The zero-order valence-corrected chi connectivity index (χ0v) is 9.27. The predicted octanol–water partition coefficient (Wildman–Crippen LogP) is -0.265. The average Bonchev–Trinajstić information content (AvgIpc) is 2.59. The van der Waals surface area contributed by atoms with Crippen LogP contribution in [0.15, 0.2) is 18.2 Å². The van der Waals surface area contributed by atoms with E-state index in [4.69, 9.17) is 5.84 Å². The van der Waals surface area contributed by atoms with Crippen molar-refractivity contribution in [1.29, 1.82) is 0 Å². The lowest BCUT2D eigenvalue weighted by Crippen LogP contribution is -2.36. The highest BCUT2D eigenvalue weighted by Crippen LogP contribution is 2.29. The van der Waals surface area contributed by atoms with Crippen molar-refractivity contribution in [3.05, 3.63) is 29.6 Å². The molecule has 94 valence electrons. The number of carbonyl (C=O) groups excluding carboxylic acids is 3. The summed E-state index contributed by atoms with van der Waals surface area (Å²) < 4.78 is 13.1. The van der Waals surface area contributed by atoms with Gasteiger partial charge in [-0.2, -0.15) is 0 Å². The lowest BCUT2D eigenvalue weighted by atomic mass is 10.1. The number of carbonyl (C=O) groups is 3. The molecule has 3 N–H and O–H groups in total. The van der Waals surface area contributed by atoms with Crippen LogP contribution in [0.4, 0.5) is 10.1 Å². The minimum atomic E-state index is -0.763. The molecule has 0 saturated carbocycles. The van der Waals surface area contributed by atoms with E-state index in [1.165, 1.54) is 6.07 Å². The van der Waals surface area contributed by atoms with Crippen LogP contribution in [-0.4, -0.2) is 24.1 Å². The molecule has 0 fully saturated rings. The Morgan fingerprint density at radius 2 is 2.11 bits per heavy atom. The maximum absolute atomic E-state index is 13.1. The lowest BCUT2D eigenvalue weighted by molar-refractivity contribution is -0.121. The van der Waals surface area contributed by atoms with Gasteiger partial charge in [0.1, 0.15) is 5.82 Å². The third kappa shape index (κ3) is 1.95. The number of rotatable bonds is 3. The standard InChI is InChI=1S/C11H10FN3O3/c12-6-1-2-7-8(5-6)15(11(18)10(7)17)4-3-9(16)14-13/h1-2,5H,3-4,13H2,(H,14,16). The normalized spacial score (nSPS) is 13.8. The van der Waals surface area contributed by atoms with Crippen molar-refractivity contribution in [3.63, 3.8) is 0 Å². The van der Waals surface area contributed by atoms with Crippen molar-refractivity contribution >= 4 is 23.3 Å². The van der Waals surface area contributed by atoms with E-state index in [1.54, 1.807) is 0 Å². The SMILES string of the molecule is NNC(=O)CCN1C(=O)C(=O)c2ccc(F)cc21. The minimum Gasteiger partial charge on any atom is -0.304 e. The van der Waals surface area contributed by atoms with Crippen LogP contribution < -0.4 is 16.2 Å². The first-order valence-corrected chi connectivity index (χ1v) is 5.20. The number of anilines is 1. The van der Waals surface area contributed by atoms with Crippen molar-refractivity contribution < 1.29 is 18.8 Å². The number of fused-ring (bicyclic) bond motifs is 1. The van der Waals surface area contributed by atoms with E-state index in [9.17, 15) is 18.8 Å². The van der Waals surface area contributed by atoms with Crippen LogP contribution in [-0.2, 0) is 9.59 Å². The quantitative estimate of drug-likeness (QED) is 0.335. The average molecular weight is 251 g/mol. The van der Waals surface area contributed by atoms with E-state index in [1.807, 2.05) is 5.43 Å². The molecule has 0 aromatic heterocycles. The van der Waals surface area contributed by atoms with Crippen LogP contribution in [0.2, 0.25) is 0 Å². The molecule has 0 aliphatic carbocycles. The van der Waals surface area contributed by atoms with Crippen LogP contribution in [0.25, 0.3) is 0 Å². The van der Waals surface area contributed by atoms with E-state index in [0.29, 0.717) is 0 Å². The summed E-state index contributed by atoms with van der Waals surface area (Å²) in [6.07, 6.45) is -0.0640. The Labute approximate surface area is 102 Å². The van der Waals surface area contributed by atoms with Gasteiger partial charge in [0.05, 0.1) is 11.3 Å². The zero-order chi connectivity index (χ0) is 13.3.